The number of carbonyl (C=O) groups is 1. The first-order valence-corrected chi connectivity index (χ1v) is 4.42. The monoisotopic (exact) mass is 191 g/mol. The van der Waals surface area contributed by atoms with Crippen LogP contribution in [0.2, 0.25) is 0 Å². The summed E-state index contributed by atoms with van der Waals surface area (Å²) in [5, 5.41) is 18.8. The van der Waals surface area contributed by atoms with E-state index < -0.39 is 6.09 Å². The van der Waals surface area contributed by atoms with E-state index in [0.717, 1.165) is 19.3 Å². The van der Waals surface area contributed by atoms with Gasteiger partial charge in [-0.3, -0.25) is 0 Å². The smallest absolute Gasteiger partial charge is 0.404 e. The Morgan fingerprint density at radius 2 is 2.00 bits per heavy atom. The summed E-state index contributed by atoms with van der Waals surface area (Å²) in [6, 6.07) is 0. The first-order valence-electron chi connectivity index (χ1n) is 4.42. The number of carboxylic acid groups (broad SMARTS) is 1. The van der Waals surface area contributed by atoms with E-state index in [9.17, 15) is 4.79 Å². The molecule has 78 valence electrons. The maximum absolute atomic E-state index is 9.98. The van der Waals surface area contributed by atoms with E-state index in [4.69, 9.17) is 14.9 Å². The summed E-state index contributed by atoms with van der Waals surface area (Å²) < 4.78 is 5.12. The Balaban J connectivity index is 2.87. The van der Waals surface area contributed by atoms with Crippen LogP contribution in [0.4, 0.5) is 4.79 Å². The van der Waals surface area contributed by atoms with Crippen molar-refractivity contribution in [3.05, 3.63) is 0 Å². The van der Waals surface area contributed by atoms with E-state index in [1.165, 1.54) is 0 Å². The summed E-state index contributed by atoms with van der Waals surface area (Å²) in [6.45, 7) is 1.59. The number of ether oxygens (including phenoxy) is 1. The van der Waals surface area contributed by atoms with E-state index in [1.807, 2.05) is 0 Å². The molecule has 0 saturated heterocycles. The molecule has 5 nitrogen and oxygen atoms in total. The number of aliphatic hydroxyl groups excluding tert-OH is 1. The second-order valence-corrected chi connectivity index (χ2v) is 2.63. The summed E-state index contributed by atoms with van der Waals surface area (Å²) in [7, 11) is 0. The fourth-order valence-corrected chi connectivity index (χ4v) is 0.825. The van der Waals surface area contributed by atoms with E-state index >= 15 is 0 Å². The predicted molar refractivity (Wildman–Crippen MR) is 47.8 cm³/mol. The first-order chi connectivity index (χ1) is 6.27. The van der Waals surface area contributed by atoms with Gasteiger partial charge in [-0.2, -0.15) is 0 Å². The molecule has 0 heterocycles. The van der Waals surface area contributed by atoms with E-state index in [1.54, 1.807) is 0 Å². The molecule has 0 spiro atoms. The molecule has 0 aromatic carbocycles. The normalized spacial score (nSPS) is 9.92. The lowest BCUT2D eigenvalue weighted by Gasteiger charge is -2.03. The highest BCUT2D eigenvalue weighted by Gasteiger charge is 1.93. The van der Waals surface area contributed by atoms with Crippen molar-refractivity contribution in [1.29, 1.82) is 0 Å². The van der Waals surface area contributed by atoms with Crippen molar-refractivity contribution >= 4 is 6.09 Å². The molecular weight excluding hydrogens is 174 g/mol. The Labute approximate surface area is 77.7 Å². The van der Waals surface area contributed by atoms with E-state index in [2.05, 4.69) is 5.32 Å². The molecule has 0 rings (SSSR count). The molecule has 0 aliphatic carbocycles. The van der Waals surface area contributed by atoms with Gasteiger partial charge in [-0.05, 0) is 19.3 Å². The molecule has 5 heteroatoms. The van der Waals surface area contributed by atoms with Crippen molar-refractivity contribution in [1.82, 2.24) is 5.32 Å². The van der Waals surface area contributed by atoms with Gasteiger partial charge in [-0.1, -0.05) is 0 Å². The molecule has 0 atom stereocenters. The van der Waals surface area contributed by atoms with Gasteiger partial charge in [0.05, 0.1) is 6.61 Å². The van der Waals surface area contributed by atoms with Gasteiger partial charge in [0, 0.05) is 19.8 Å². The zero-order chi connectivity index (χ0) is 9.94. The highest BCUT2D eigenvalue weighted by atomic mass is 16.5. The minimum absolute atomic E-state index is 0.223. The highest BCUT2D eigenvalue weighted by molar-refractivity contribution is 5.64. The van der Waals surface area contributed by atoms with Crippen LogP contribution in [0.25, 0.3) is 0 Å². The molecule has 0 aliphatic heterocycles. The predicted octanol–water partition coefficient (Wildman–Crippen LogP) is 0.433. The standard InChI is InChI=1S/C8H17NO4/c10-5-2-1-3-6-13-7-4-9-8(11)12/h9-10H,1-7H2,(H,11,12). The van der Waals surface area contributed by atoms with Crippen molar-refractivity contribution in [3.63, 3.8) is 0 Å². The summed E-state index contributed by atoms with van der Waals surface area (Å²) in [4.78, 5) is 9.98. The van der Waals surface area contributed by atoms with Crippen LogP contribution in [-0.2, 0) is 4.74 Å². The quantitative estimate of drug-likeness (QED) is 0.486. The lowest BCUT2D eigenvalue weighted by Crippen LogP contribution is -2.25. The molecule has 0 aromatic heterocycles. The van der Waals surface area contributed by atoms with Gasteiger partial charge in [0.25, 0.3) is 0 Å². The average Bonchev–Trinajstić information content (AvgIpc) is 2.09. The SMILES string of the molecule is O=C(O)NCCOCCCCCO. The topological polar surface area (TPSA) is 78.8 Å². The van der Waals surface area contributed by atoms with E-state index in [0.29, 0.717) is 19.8 Å². The van der Waals surface area contributed by atoms with Gasteiger partial charge < -0.3 is 20.3 Å². The van der Waals surface area contributed by atoms with Crippen molar-refractivity contribution in [2.75, 3.05) is 26.4 Å². The van der Waals surface area contributed by atoms with Crippen LogP contribution in [-0.4, -0.2) is 42.7 Å². The van der Waals surface area contributed by atoms with Gasteiger partial charge in [-0.15, -0.1) is 0 Å². The average molecular weight is 191 g/mol. The molecule has 0 fully saturated rings. The molecule has 0 radical (unpaired) electrons. The fraction of sp³-hybridized carbons (Fsp3) is 0.875. The third-order valence-electron chi connectivity index (χ3n) is 1.47. The van der Waals surface area contributed by atoms with Gasteiger partial charge in [0.15, 0.2) is 0 Å². The molecule has 3 N–H and O–H groups in total. The molecule has 0 aliphatic rings. The van der Waals surface area contributed by atoms with Crippen molar-refractivity contribution < 1.29 is 19.7 Å². The maximum atomic E-state index is 9.98. The maximum Gasteiger partial charge on any atom is 0.404 e. The van der Waals surface area contributed by atoms with Crippen molar-refractivity contribution in [3.8, 4) is 0 Å². The van der Waals surface area contributed by atoms with Gasteiger partial charge in [0.2, 0.25) is 0 Å². The molecule has 0 bridgehead atoms. The zero-order valence-corrected chi connectivity index (χ0v) is 7.66. The summed E-state index contributed by atoms with van der Waals surface area (Å²) in [5.41, 5.74) is 0. The van der Waals surface area contributed by atoms with Gasteiger partial charge >= 0.3 is 6.09 Å². The highest BCUT2D eigenvalue weighted by Crippen LogP contribution is 1.93. The lowest BCUT2D eigenvalue weighted by molar-refractivity contribution is 0.127. The summed E-state index contributed by atoms with van der Waals surface area (Å²) in [5.74, 6) is 0. The van der Waals surface area contributed by atoms with Crippen LogP contribution >= 0.6 is 0 Å². The molecule has 1 amide bonds. The number of unbranched alkanes of at least 4 members (excludes halogenated alkanes) is 2. The Bertz CT molecular complexity index is 129. The van der Waals surface area contributed by atoms with E-state index in [-0.39, 0.29) is 6.61 Å². The number of aliphatic hydroxyl groups is 1. The van der Waals surface area contributed by atoms with Gasteiger partial charge in [-0.25, -0.2) is 4.79 Å². The summed E-state index contributed by atoms with van der Waals surface area (Å²) >= 11 is 0. The third-order valence-corrected chi connectivity index (χ3v) is 1.47. The minimum atomic E-state index is -1.02. The Morgan fingerprint density at radius 3 is 2.62 bits per heavy atom. The Kier molecular flexibility index (Phi) is 8.70. The number of hydrogen-bond acceptors (Lipinski definition) is 3. The van der Waals surface area contributed by atoms with Gasteiger partial charge in [0.1, 0.15) is 0 Å². The lowest BCUT2D eigenvalue weighted by atomic mass is 10.2. The fourth-order valence-electron chi connectivity index (χ4n) is 0.825. The number of hydrogen-bond donors (Lipinski definition) is 3. The Morgan fingerprint density at radius 1 is 1.23 bits per heavy atom. The van der Waals surface area contributed by atoms with Crippen molar-refractivity contribution in [2.24, 2.45) is 0 Å². The second-order valence-electron chi connectivity index (χ2n) is 2.63. The van der Waals surface area contributed by atoms with Crippen LogP contribution in [0.5, 0.6) is 0 Å². The van der Waals surface area contributed by atoms with Crippen LogP contribution < -0.4 is 5.32 Å². The van der Waals surface area contributed by atoms with Crippen LogP contribution in [0.1, 0.15) is 19.3 Å². The Hall–Kier alpha value is -0.810. The summed E-state index contributed by atoms with van der Waals surface area (Å²) in [6.07, 6.45) is 1.64. The number of nitrogens with one attached hydrogen (secondary N) is 1. The second kappa shape index (κ2) is 9.28. The molecule has 0 saturated carbocycles. The molecule has 0 aromatic rings. The third kappa shape index (κ3) is 11.2. The van der Waals surface area contributed by atoms with Crippen LogP contribution in [0.15, 0.2) is 0 Å². The number of amides is 1. The minimum Gasteiger partial charge on any atom is -0.465 e. The van der Waals surface area contributed by atoms with Crippen LogP contribution in [0, 0.1) is 0 Å². The van der Waals surface area contributed by atoms with Crippen LogP contribution in [0.3, 0.4) is 0 Å². The first kappa shape index (κ1) is 12.2. The molecule has 13 heavy (non-hydrogen) atoms. The number of rotatable bonds is 8. The largest absolute Gasteiger partial charge is 0.465 e. The molecule has 0 unspecified atom stereocenters. The van der Waals surface area contributed by atoms with Crippen molar-refractivity contribution in [2.45, 2.75) is 19.3 Å². The molecular formula is C8H17NO4. The zero-order valence-electron chi connectivity index (χ0n) is 7.66.